The minimum atomic E-state index is -1.30. The van der Waals surface area contributed by atoms with Crippen LogP contribution in [0.2, 0.25) is 0 Å². The van der Waals surface area contributed by atoms with Gasteiger partial charge in [-0.25, -0.2) is 9.59 Å². The highest BCUT2D eigenvalue weighted by Crippen LogP contribution is 2.26. The van der Waals surface area contributed by atoms with Gasteiger partial charge in [-0.1, -0.05) is 0 Å². The van der Waals surface area contributed by atoms with E-state index in [-0.39, 0.29) is 80.4 Å². The molecular formula is C38H54N8O14S. The van der Waals surface area contributed by atoms with Gasteiger partial charge in [-0.3, -0.25) is 43.3 Å². The lowest BCUT2D eigenvalue weighted by Crippen LogP contribution is -2.51. The summed E-state index contributed by atoms with van der Waals surface area (Å²) in [4.78, 5) is 122. The maximum absolute atomic E-state index is 13.4. The van der Waals surface area contributed by atoms with Gasteiger partial charge in [0.1, 0.15) is 37.1 Å². The first-order valence-electron chi connectivity index (χ1n) is 19.2. The van der Waals surface area contributed by atoms with Gasteiger partial charge in [-0.15, -0.1) is 11.8 Å². The Morgan fingerprint density at radius 2 is 1.56 bits per heavy atom. The Morgan fingerprint density at radius 3 is 2.21 bits per heavy atom. The van der Waals surface area contributed by atoms with Crippen molar-refractivity contribution in [1.82, 2.24) is 36.8 Å². The molecule has 3 atom stereocenters. The lowest BCUT2D eigenvalue weighted by molar-refractivity contribution is -0.141. The van der Waals surface area contributed by atoms with Gasteiger partial charge in [0.25, 0.3) is 11.8 Å². The third kappa shape index (κ3) is 19.6. The molecule has 1 heterocycles. The topological polar surface area (TPSA) is 306 Å². The highest BCUT2D eigenvalue weighted by molar-refractivity contribution is 8.04. The zero-order chi connectivity index (χ0) is 45.5. The number of hydrogen-bond acceptors (Lipinski definition) is 14. The smallest absolute Gasteiger partial charge is 0.407 e. The number of carboxylic acid groups (broad SMARTS) is 1. The predicted molar refractivity (Wildman–Crippen MR) is 219 cm³/mol. The fourth-order valence-corrected chi connectivity index (χ4v) is 6.26. The van der Waals surface area contributed by atoms with E-state index < -0.39 is 71.5 Å². The number of alkyl carbamates (subject to hydrolysis) is 1. The number of nitrogens with one attached hydrogen (secondary N) is 7. The average Bonchev–Trinajstić information content (AvgIpc) is 3.46. The monoisotopic (exact) mass is 878 g/mol. The second-order valence-corrected chi connectivity index (χ2v) is 14.4. The molecule has 23 heteroatoms. The fraction of sp³-hybridized carbons (Fsp3) is 0.526. The van der Waals surface area contributed by atoms with Gasteiger partial charge in [-0.05, 0) is 38.3 Å². The predicted octanol–water partition coefficient (Wildman–Crippen LogP) is -0.726. The Kier molecular flexibility index (Phi) is 22.4. The Hall–Kier alpha value is -6.23. The molecule has 1 aliphatic heterocycles. The maximum atomic E-state index is 13.4. The fourth-order valence-electron chi connectivity index (χ4n) is 5.27. The number of carbonyl (C=O) groups is 10. The standard InChI is InChI=1S/C38H54N8O14S/c1-22(42-24(3)48)34(52)45-28(8-6-7-12-40-23(2)47)35(53)44-27-10-9-26(20-60-38(57)39-5)30(18-27)59-17-16-58-15-13-41-32(50)11-14-46-33(51)19-31(36(46)54)61-21-29(37(55)56)43-25(4)49/h9-10,18-19,22,28-29H,6-8,11-17,20-21H2,1-5H3,(H,39,57)(H,40,47)(H,41,50)(H,42,48)(H,43,49)(H,44,53)(H,45,52)(H,55,56)/t22-,28-,29-/m0/s1. The number of thioether (sulfide) groups is 1. The molecule has 336 valence electrons. The van der Waals surface area contributed by atoms with Crippen LogP contribution in [-0.4, -0.2) is 140 Å². The molecule has 9 amide bonds. The van der Waals surface area contributed by atoms with Crippen LogP contribution in [0.25, 0.3) is 0 Å². The molecule has 0 bridgehead atoms. The van der Waals surface area contributed by atoms with Gasteiger partial charge in [0, 0.05) is 83.0 Å². The van der Waals surface area contributed by atoms with Crippen molar-refractivity contribution in [3.63, 3.8) is 0 Å². The van der Waals surface area contributed by atoms with Crippen LogP contribution in [0.15, 0.2) is 29.2 Å². The number of carbonyl (C=O) groups excluding carboxylic acids is 9. The summed E-state index contributed by atoms with van der Waals surface area (Å²) in [6.07, 6.45) is 1.40. The zero-order valence-electron chi connectivity index (χ0n) is 34.6. The molecule has 0 spiro atoms. The van der Waals surface area contributed by atoms with Crippen molar-refractivity contribution < 1.29 is 67.3 Å². The minimum Gasteiger partial charge on any atom is -0.491 e. The Balaban J connectivity index is 1.92. The quantitative estimate of drug-likeness (QED) is 0.0399. The number of anilines is 1. The molecule has 22 nitrogen and oxygen atoms in total. The summed E-state index contributed by atoms with van der Waals surface area (Å²) in [5.74, 6) is -5.35. The number of amides is 9. The molecule has 0 saturated heterocycles. The van der Waals surface area contributed by atoms with Gasteiger partial charge in [0.2, 0.25) is 35.4 Å². The summed E-state index contributed by atoms with van der Waals surface area (Å²) in [5, 5.41) is 27.0. The lowest BCUT2D eigenvalue weighted by Gasteiger charge is -2.21. The van der Waals surface area contributed by atoms with Crippen molar-refractivity contribution >= 4 is 76.8 Å². The Morgan fingerprint density at radius 1 is 0.836 bits per heavy atom. The molecule has 8 N–H and O–H groups in total. The number of hydrogen-bond donors (Lipinski definition) is 8. The van der Waals surface area contributed by atoms with Gasteiger partial charge in [0.15, 0.2) is 0 Å². The summed E-state index contributed by atoms with van der Waals surface area (Å²) in [5.41, 5.74) is 0.739. The van der Waals surface area contributed by atoms with Crippen LogP contribution in [-0.2, 0) is 59.2 Å². The third-order valence-electron chi connectivity index (χ3n) is 8.31. The maximum Gasteiger partial charge on any atom is 0.407 e. The van der Waals surface area contributed by atoms with E-state index in [4.69, 9.17) is 14.2 Å². The Bertz CT molecular complexity index is 1810. The number of nitrogens with zero attached hydrogens (tertiary/aromatic N) is 1. The molecule has 2 rings (SSSR count). The molecule has 1 aromatic rings. The molecular weight excluding hydrogens is 825 g/mol. The van der Waals surface area contributed by atoms with Crippen LogP contribution in [0.3, 0.4) is 0 Å². The molecule has 0 unspecified atom stereocenters. The summed E-state index contributed by atoms with van der Waals surface area (Å²) in [6.45, 7) is 5.47. The first kappa shape index (κ1) is 50.9. The van der Waals surface area contributed by atoms with E-state index in [0.29, 0.717) is 24.9 Å². The summed E-state index contributed by atoms with van der Waals surface area (Å²) in [6, 6.07) is 1.46. The Labute approximate surface area is 356 Å². The van der Waals surface area contributed by atoms with E-state index in [2.05, 4.69) is 37.2 Å². The molecule has 0 aliphatic carbocycles. The van der Waals surface area contributed by atoms with Crippen molar-refractivity contribution in [3.05, 3.63) is 34.7 Å². The van der Waals surface area contributed by atoms with Crippen LogP contribution in [0.4, 0.5) is 10.5 Å². The highest BCUT2D eigenvalue weighted by Gasteiger charge is 2.33. The van der Waals surface area contributed by atoms with E-state index >= 15 is 0 Å². The SMILES string of the molecule is CNC(=O)OCc1ccc(NC(=O)[C@H](CCCCNC(C)=O)NC(=O)[C@H](C)NC(C)=O)cc1OCCOCCNC(=O)CCN1C(=O)C=C(SC[C@H](NC(C)=O)C(=O)O)C1=O. The summed E-state index contributed by atoms with van der Waals surface area (Å²) >= 11 is 0.806. The van der Waals surface area contributed by atoms with Crippen LogP contribution >= 0.6 is 11.8 Å². The number of ether oxygens (including phenoxy) is 3. The molecule has 0 radical (unpaired) electrons. The van der Waals surface area contributed by atoms with Crippen molar-refractivity contribution in [2.75, 3.05) is 57.6 Å². The van der Waals surface area contributed by atoms with Gasteiger partial charge in [0.05, 0.1) is 18.1 Å². The summed E-state index contributed by atoms with van der Waals surface area (Å²) < 4.78 is 16.6. The van der Waals surface area contributed by atoms with E-state index in [1.807, 2.05) is 0 Å². The van der Waals surface area contributed by atoms with Crippen LogP contribution in [0, 0.1) is 0 Å². The molecule has 1 aromatic carbocycles. The second-order valence-electron chi connectivity index (χ2n) is 13.4. The lowest BCUT2D eigenvalue weighted by atomic mass is 10.1. The van der Waals surface area contributed by atoms with Gasteiger partial charge < -0.3 is 56.5 Å². The van der Waals surface area contributed by atoms with Gasteiger partial charge in [-0.2, -0.15) is 0 Å². The number of carboxylic acids is 1. The largest absolute Gasteiger partial charge is 0.491 e. The number of rotatable bonds is 27. The molecule has 0 saturated carbocycles. The number of aliphatic carboxylic acids is 1. The van der Waals surface area contributed by atoms with Crippen molar-refractivity contribution in [2.45, 2.75) is 78.1 Å². The minimum absolute atomic E-state index is 0.00308. The number of unbranched alkanes of at least 4 members (excludes halogenated alkanes) is 1. The average molecular weight is 879 g/mol. The van der Waals surface area contributed by atoms with Crippen molar-refractivity contribution in [3.8, 4) is 5.75 Å². The summed E-state index contributed by atoms with van der Waals surface area (Å²) in [7, 11) is 1.40. The first-order chi connectivity index (χ1) is 28.9. The molecule has 1 aliphatic rings. The third-order valence-corrected chi connectivity index (χ3v) is 9.41. The second kappa shape index (κ2) is 26.8. The normalized spacial score (nSPS) is 13.5. The van der Waals surface area contributed by atoms with Crippen LogP contribution < -0.4 is 42.0 Å². The molecule has 61 heavy (non-hydrogen) atoms. The van der Waals surface area contributed by atoms with Crippen LogP contribution in [0.1, 0.15) is 58.9 Å². The van der Waals surface area contributed by atoms with E-state index in [1.54, 1.807) is 12.1 Å². The van der Waals surface area contributed by atoms with Crippen molar-refractivity contribution in [1.29, 1.82) is 0 Å². The zero-order valence-corrected chi connectivity index (χ0v) is 35.5. The highest BCUT2D eigenvalue weighted by atomic mass is 32.2. The molecule has 0 fully saturated rings. The number of imide groups is 1. The molecule has 0 aromatic heterocycles. The van der Waals surface area contributed by atoms with Gasteiger partial charge >= 0.3 is 12.1 Å². The van der Waals surface area contributed by atoms with Crippen LogP contribution in [0.5, 0.6) is 5.75 Å². The van der Waals surface area contributed by atoms with E-state index in [0.717, 1.165) is 29.7 Å². The van der Waals surface area contributed by atoms with E-state index in [9.17, 15) is 53.1 Å². The number of benzene rings is 1. The van der Waals surface area contributed by atoms with Crippen molar-refractivity contribution in [2.24, 2.45) is 0 Å². The van der Waals surface area contributed by atoms with E-state index in [1.165, 1.54) is 33.9 Å². The first-order valence-corrected chi connectivity index (χ1v) is 20.2.